The molecule has 3 rings (SSSR count). The minimum Gasteiger partial charge on any atom is -0.336 e. The van der Waals surface area contributed by atoms with Crippen molar-refractivity contribution < 1.29 is 13.2 Å². The topological polar surface area (TPSA) is 57.7 Å². The van der Waals surface area contributed by atoms with Crippen molar-refractivity contribution in [3.8, 4) is 0 Å². The molecule has 25 heavy (non-hydrogen) atoms. The SMILES string of the molecule is CCCS(=O)(=O)N1CCCC(C(=O)N(C2CCC(C)CC2)C2CC2)C1. The van der Waals surface area contributed by atoms with Crippen molar-refractivity contribution in [2.75, 3.05) is 18.8 Å². The van der Waals surface area contributed by atoms with E-state index in [-0.39, 0.29) is 17.6 Å². The molecule has 0 aromatic heterocycles. The molecule has 1 saturated heterocycles. The van der Waals surface area contributed by atoms with Crippen molar-refractivity contribution in [2.24, 2.45) is 11.8 Å². The minimum atomic E-state index is -3.20. The maximum absolute atomic E-state index is 13.3. The monoisotopic (exact) mass is 370 g/mol. The Labute approximate surface area is 153 Å². The number of hydrogen-bond donors (Lipinski definition) is 0. The van der Waals surface area contributed by atoms with Crippen LogP contribution >= 0.6 is 0 Å². The first kappa shape index (κ1) is 19.2. The zero-order valence-electron chi connectivity index (χ0n) is 15.8. The summed E-state index contributed by atoms with van der Waals surface area (Å²) in [5.41, 5.74) is 0. The summed E-state index contributed by atoms with van der Waals surface area (Å²) in [5, 5.41) is 0. The largest absolute Gasteiger partial charge is 0.336 e. The second kappa shape index (κ2) is 7.95. The standard InChI is InChI=1S/C19H34N2O3S/c1-3-13-25(23,24)20-12-4-5-16(14-20)19(22)21(18-10-11-18)17-8-6-15(2)7-9-17/h15-18H,3-14H2,1-2H3. The average molecular weight is 371 g/mol. The molecule has 0 spiro atoms. The van der Waals surface area contributed by atoms with Crippen molar-refractivity contribution in [2.45, 2.75) is 83.7 Å². The van der Waals surface area contributed by atoms with Crippen LogP contribution in [-0.4, -0.2) is 54.5 Å². The van der Waals surface area contributed by atoms with Crippen LogP contribution < -0.4 is 0 Å². The third-order valence-corrected chi connectivity index (χ3v) is 8.20. The third-order valence-electron chi connectivity index (χ3n) is 6.16. The number of sulfonamides is 1. The Kier molecular flexibility index (Phi) is 6.09. The van der Waals surface area contributed by atoms with Crippen LogP contribution in [0.3, 0.4) is 0 Å². The highest BCUT2D eigenvalue weighted by molar-refractivity contribution is 7.89. The van der Waals surface area contributed by atoms with Crippen LogP contribution in [0.4, 0.5) is 0 Å². The molecule has 0 N–H and O–H groups in total. The number of carbonyl (C=O) groups excluding carboxylic acids is 1. The Hall–Kier alpha value is -0.620. The van der Waals surface area contributed by atoms with Crippen LogP contribution in [0.25, 0.3) is 0 Å². The van der Waals surface area contributed by atoms with E-state index in [1.165, 1.54) is 12.8 Å². The Balaban J connectivity index is 1.67. The molecule has 0 radical (unpaired) electrons. The van der Waals surface area contributed by atoms with E-state index < -0.39 is 10.0 Å². The summed E-state index contributed by atoms with van der Waals surface area (Å²) in [6, 6.07) is 0.812. The second-order valence-electron chi connectivity index (χ2n) is 8.40. The lowest BCUT2D eigenvalue weighted by Gasteiger charge is -2.40. The fourth-order valence-corrected chi connectivity index (χ4v) is 6.11. The van der Waals surface area contributed by atoms with Crippen LogP contribution in [0, 0.1) is 11.8 Å². The lowest BCUT2D eigenvalue weighted by Crippen LogP contribution is -2.51. The van der Waals surface area contributed by atoms with E-state index in [9.17, 15) is 13.2 Å². The van der Waals surface area contributed by atoms with Gasteiger partial charge in [0.1, 0.15) is 0 Å². The van der Waals surface area contributed by atoms with E-state index in [0.717, 1.165) is 44.4 Å². The van der Waals surface area contributed by atoms with Gasteiger partial charge >= 0.3 is 0 Å². The average Bonchev–Trinajstić information content (AvgIpc) is 3.42. The number of hydrogen-bond acceptors (Lipinski definition) is 3. The first-order valence-electron chi connectivity index (χ1n) is 10.2. The molecular weight excluding hydrogens is 336 g/mol. The first-order chi connectivity index (χ1) is 11.9. The van der Waals surface area contributed by atoms with Crippen LogP contribution in [0.1, 0.15) is 71.6 Å². The maximum atomic E-state index is 13.3. The predicted molar refractivity (Wildman–Crippen MR) is 99.7 cm³/mol. The molecule has 6 heteroatoms. The molecule has 1 aliphatic heterocycles. The lowest BCUT2D eigenvalue weighted by atomic mass is 9.85. The van der Waals surface area contributed by atoms with E-state index in [4.69, 9.17) is 0 Å². The molecule has 3 fully saturated rings. The van der Waals surface area contributed by atoms with Gasteiger partial charge in [0.2, 0.25) is 15.9 Å². The van der Waals surface area contributed by atoms with Gasteiger partial charge in [0.15, 0.2) is 0 Å². The van der Waals surface area contributed by atoms with Gasteiger partial charge in [0, 0.05) is 25.2 Å². The fourth-order valence-electron chi connectivity index (χ4n) is 4.53. The highest BCUT2D eigenvalue weighted by atomic mass is 32.2. The summed E-state index contributed by atoms with van der Waals surface area (Å²) in [6.45, 7) is 5.17. The smallest absolute Gasteiger partial charge is 0.227 e. The summed E-state index contributed by atoms with van der Waals surface area (Å²) in [5.74, 6) is 1.07. The number of piperidine rings is 1. The normalized spacial score (nSPS) is 31.7. The zero-order chi connectivity index (χ0) is 18.0. The van der Waals surface area contributed by atoms with Gasteiger partial charge in [0.25, 0.3) is 0 Å². The van der Waals surface area contributed by atoms with Gasteiger partial charge in [-0.1, -0.05) is 13.8 Å². The summed E-state index contributed by atoms with van der Waals surface area (Å²) < 4.78 is 26.4. The number of nitrogens with zero attached hydrogens (tertiary/aromatic N) is 2. The molecule has 1 atom stereocenters. The van der Waals surface area contributed by atoms with Gasteiger partial charge in [-0.15, -0.1) is 0 Å². The number of amides is 1. The van der Waals surface area contributed by atoms with Crippen LogP contribution in [0.5, 0.6) is 0 Å². The molecule has 1 unspecified atom stereocenters. The Bertz CT molecular complexity index is 565. The predicted octanol–water partition coefficient (Wildman–Crippen LogP) is 3.01. The molecule has 2 aliphatic carbocycles. The van der Waals surface area contributed by atoms with E-state index >= 15 is 0 Å². The molecule has 0 bridgehead atoms. The Morgan fingerprint density at radius 1 is 1.04 bits per heavy atom. The number of carbonyl (C=O) groups is 1. The first-order valence-corrected chi connectivity index (χ1v) is 11.8. The molecule has 0 aromatic rings. The summed E-state index contributed by atoms with van der Waals surface area (Å²) in [6.07, 6.45) is 9.19. The third kappa shape index (κ3) is 4.57. The van der Waals surface area contributed by atoms with Gasteiger partial charge in [-0.2, -0.15) is 0 Å². The molecular formula is C19H34N2O3S. The molecule has 144 valence electrons. The maximum Gasteiger partial charge on any atom is 0.227 e. The van der Waals surface area contributed by atoms with E-state index in [1.807, 2.05) is 6.92 Å². The van der Waals surface area contributed by atoms with Crippen LogP contribution in [0.15, 0.2) is 0 Å². The highest BCUT2D eigenvalue weighted by Gasteiger charge is 2.42. The van der Waals surface area contributed by atoms with E-state index in [0.29, 0.717) is 31.6 Å². The molecule has 5 nitrogen and oxygen atoms in total. The Morgan fingerprint density at radius 2 is 1.64 bits per heavy atom. The van der Waals surface area contributed by atoms with Crippen LogP contribution in [0.2, 0.25) is 0 Å². The summed E-state index contributed by atoms with van der Waals surface area (Å²) in [4.78, 5) is 15.5. The molecule has 0 aromatic carbocycles. The van der Waals surface area contributed by atoms with Crippen molar-refractivity contribution in [1.82, 2.24) is 9.21 Å². The van der Waals surface area contributed by atoms with Crippen LogP contribution in [-0.2, 0) is 14.8 Å². The molecule has 1 amide bonds. The van der Waals surface area contributed by atoms with Gasteiger partial charge in [0.05, 0.1) is 11.7 Å². The lowest BCUT2D eigenvalue weighted by molar-refractivity contribution is -0.140. The molecule has 1 heterocycles. The van der Waals surface area contributed by atoms with Gasteiger partial charge in [-0.3, -0.25) is 4.79 Å². The number of rotatable bonds is 6. The van der Waals surface area contributed by atoms with Crippen molar-refractivity contribution in [3.05, 3.63) is 0 Å². The second-order valence-corrected chi connectivity index (χ2v) is 10.5. The van der Waals surface area contributed by atoms with Crippen molar-refractivity contribution in [1.29, 1.82) is 0 Å². The Morgan fingerprint density at radius 3 is 2.20 bits per heavy atom. The van der Waals surface area contributed by atoms with E-state index in [1.54, 1.807) is 4.31 Å². The molecule has 3 aliphatic rings. The quantitative estimate of drug-likeness (QED) is 0.722. The van der Waals surface area contributed by atoms with Crippen molar-refractivity contribution in [3.63, 3.8) is 0 Å². The fraction of sp³-hybridized carbons (Fsp3) is 0.947. The van der Waals surface area contributed by atoms with E-state index in [2.05, 4.69) is 11.8 Å². The molecule has 2 saturated carbocycles. The van der Waals surface area contributed by atoms with Crippen molar-refractivity contribution >= 4 is 15.9 Å². The van der Waals surface area contributed by atoms with Gasteiger partial charge in [-0.05, 0) is 63.7 Å². The zero-order valence-corrected chi connectivity index (χ0v) is 16.6. The van der Waals surface area contributed by atoms with Gasteiger partial charge in [-0.25, -0.2) is 12.7 Å². The summed E-state index contributed by atoms with van der Waals surface area (Å²) in [7, 11) is -3.20. The summed E-state index contributed by atoms with van der Waals surface area (Å²) >= 11 is 0. The highest BCUT2D eigenvalue weighted by Crippen LogP contribution is 2.37. The van der Waals surface area contributed by atoms with Gasteiger partial charge < -0.3 is 4.90 Å². The minimum absolute atomic E-state index is 0.139.